The van der Waals surface area contributed by atoms with Gasteiger partial charge in [-0.05, 0) is 28.7 Å². The van der Waals surface area contributed by atoms with E-state index in [9.17, 15) is 4.79 Å². The van der Waals surface area contributed by atoms with Crippen LogP contribution in [0.1, 0.15) is 6.42 Å². The second-order valence-electron chi connectivity index (χ2n) is 3.48. The average Bonchev–Trinajstić information content (AvgIpc) is 2.44. The molecule has 5 nitrogen and oxygen atoms in total. The number of hydrogen-bond acceptors (Lipinski definition) is 3. The van der Waals surface area contributed by atoms with E-state index in [1.165, 1.54) is 0 Å². The Kier molecular flexibility index (Phi) is 3.96. The third-order valence-corrected chi connectivity index (χ3v) is 3.01. The van der Waals surface area contributed by atoms with Crippen molar-refractivity contribution in [2.75, 3.05) is 13.1 Å². The summed E-state index contributed by atoms with van der Waals surface area (Å²) >= 11 is 2.11. The summed E-state index contributed by atoms with van der Waals surface area (Å²) in [7, 11) is 0. The van der Waals surface area contributed by atoms with Crippen LogP contribution in [0.2, 0.25) is 0 Å². The molecule has 2 heterocycles. The monoisotopic (exact) mass is 343 g/mol. The molecule has 1 saturated heterocycles. The maximum atomic E-state index is 10.7. The van der Waals surface area contributed by atoms with Gasteiger partial charge in [-0.2, -0.15) is 5.10 Å². The van der Waals surface area contributed by atoms with Gasteiger partial charge in [0.05, 0.1) is 12.0 Å². The van der Waals surface area contributed by atoms with Crippen molar-refractivity contribution in [3.63, 3.8) is 0 Å². The minimum atomic E-state index is -0.781. The number of aliphatic carboxylic acids is 1. The van der Waals surface area contributed by atoms with Crippen LogP contribution >= 0.6 is 35.0 Å². The smallest absolute Gasteiger partial charge is 0.305 e. The van der Waals surface area contributed by atoms with Crippen LogP contribution in [0.15, 0.2) is 12.3 Å². The first-order chi connectivity index (χ1) is 6.62. The van der Waals surface area contributed by atoms with Crippen molar-refractivity contribution in [2.24, 2.45) is 0 Å². The SMILES string of the molecule is Cl.O=C(O)CC1(n2ccc(I)n2)CNC1. The molecular formula is C8H11ClIN3O2. The molecule has 1 aromatic heterocycles. The van der Waals surface area contributed by atoms with Crippen molar-refractivity contribution in [2.45, 2.75) is 12.0 Å². The van der Waals surface area contributed by atoms with E-state index < -0.39 is 5.97 Å². The zero-order chi connectivity index (χ0) is 10.2. The van der Waals surface area contributed by atoms with E-state index in [-0.39, 0.29) is 24.4 Å². The van der Waals surface area contributed by atoms with Crippen LogP contribution in [-0.2, 0) is 10.3 Å². The summed E-state index contributed by atoms with van der Waals surface area (Å²) in [6, 6.07) is 1.88. The molecule has 15 heavy (non-hydrogen) atoms. The summed E-state index contributed by atoms with van der Waals surface area (Å²) in [5.74, 6) is -0.781. The molecule has 2 N–H and O–H groups in total. The Balaban J connectivity index is 0.00000112. The highest BCUT2D eigenvalue weighted by Crippen LogP contribution is 2.25. The first-order valence-electron chi connectivity index (χ1n) is 4.27. The lowest BCUT2D eigenvalue weighted by atomic mass is 9.89. The largest absolute Gasteiger partial charge is 0.481 e. The third kappa shape index (κ3) is 2.43. The number of carbonyl (C=O) groups is 1. The normalized spacial score (nSPS) is 17.7. The number of carboxylic acid groups (broad SMARTS) is 1. The molecule has 1 aliphatic rings. The molecule has 0 aliphatic carbocycles. The molecular weight excluding hydrogens is 332 g/mol. The molecule has 1 fully saturated rings. The maximum Gasteiger partial charge on any atom is 0.305 e. The molecule has 0 spiro atoms. The predicted octanol–water partition coefficient (Wildman–Crippen LogP) is 0.683. The van der Waals surface area contributed by atoms with E-state index in [1.54, 1.807) is 4.68 Å². The lowest BCUT2D eigenvalue weighted by Gasteiger charge is -2.41. The summed E-state index contributed by atoms with van der Waals surface area (Å²) in [5, 5.41) is 16.2. The molecule has 1 aliphatic heterocycles. The molecule has 0 aromatic carbocycles. The molecule has 0 amide bonds. The maximum absolute atomic E-state index is 10.7. The zero-order valence-electron chi connectivity index (χ0n) is 7.81. The number of nitrogens with zero attached hydrogens (tertiary/aromatic N) is 2. The summed E-state index contributed by atoms with van der Waals surface area (Å²) in [4.78, 5) is 10.7. The Morgan fingerprint density at radius 1 is 1.73 bits per heavy atom. The van der Waals surface area contributed by atoms with Gasteiger partial charge in [0.1, 0.15) is 3.70 Å². The van der Waals surface area contributed by atoms with E-state index >= 15 is 0 Å². The fourth-order valence-electron chi connectivity index (χ4n) is 1.63. The Morgan fingerprint density at radius 3 is 2.73 bits per heavy atom. The number of carboxylic acids is 1. The van der Waals surface area contributed by atoms with Crippen molar-refractivity contribution >= 4 is 41.0 Å². The van der Waals surface area contributed by atoms with Gasteiger partial charge in [-0.3, -0.25) is 9.48 Å². The van der Waals surface area contributed by atoms with Gasteiger partial charge in [0, 0.05) is 19.3 Å². The Labute approximate surface area is 107 Å². The number of rotatable bonds is 3. The van der Waals surface area contributed by atoms with Crippen LogP contribution < -0.4 is 5.32 Å². The molecule has 0 atom stereocenters. The summed E-state index contributed by atoms with van der Waals surface area (Å²) < 4.78 is 2.65. The zero-order valence-corrected chi connectivity index (χ0v) is 10.8. The second-order valence-corrected chi connectivity index (χ2v) is 4.59. The molecule has 2 rings (SSSR count). The van der Waals surface area contributed by atoms with Crippen molar-refractivity contribution < 1.29 is 9.90 Å². The highest BCUT2D eigenvalue weighted by atomic mass is 127. The Bertz CT molecular complexity index is 365. The molecule has 0 unspecified atom stereocenters. The molecule has 1 aromatic rings. The van der Waals surface area contributed by atoms with Gasteiger partial charge in [-0.25, -0.2) is 0 Å². The summed E-state index contributed by atoms with van der Waals surface area (Å²) in [6.45, 7) is 1.36. The quantitative estimate of drug-likeness (QED) is 0.792. The van der Waals surface area contributed by atoms with E-state index in [0.717, 1.165) is 3.70 Å². The van der Waals surface area contributed by atoms with Crippen LogP contribution in [0.25, 0.3) is 0 Å². The van der Waals surface area contributed by atoms with Crippen molar-refractivity contribution in [3.05, 3.63) is 16.0 Å². The minimum absolute atomic E-state index is 0. The highest BCUT2D eigenvalue weighted by molar-refractivity contribution is 14.1. The third-order valence-electron chi connectivity index (χ3n) is 2.43. The molecule has 0 saturated carbocycles. The number of halogens is 2. The van der Waals surface area contributed by atoms with Crippen molar-refractivity contribution in [1.29, 1.82) is 0 Å². The fraction of sp³-hybridized carbons (Fsp3) is 0.500. The molecule has 0 radical (unpaired) electrons. The number of nitrogens with one attached hydrogen (secondary N) is 1. The summed E-state index contributed by atoms with van der Waals surface area (Å²) in [6.07, 6.45) is 1.96. The van der Waals surface area contributed by atoms with Crippen molar-refractivity contribution in [1.82, 2.24) is 15.1 Å². The van der Waals surface area contributed by atoms with Crippen LogP contribution in [0, 0.1) is 3.70 Å². The standard InChI is InChI=1S/C8H10IN3O2.ClH/c9-6-1-2-12(11-6)8(3-7(13)14)4-10-5-8;/h1-2,10H,3-5H2,(H,13,14);1H. The van der Waals surface area contributed by atoms with Gasteiger partial charge < -0.3 is 10.4 Å². The van der Waals surface area contributed by atoms with Gasteiger partial charge in [0.25, 0.3) is 0 Å². The van der Waals surface area contributed by atoms with E-state index in [0.29, 0.717) is 13.1 Å². The number of aromatic nitrogens is 2. The van der Waals surface area contributed by atoms with Gasteiger partial charge in [0.15, 0.2) is 0 Å². The topological polar surface area (TPSA) is 67.1 Å². The summed E-state index contributed by atoms with van der Waals surface area (Å²) in [5.41, 5.74) is -0.352. The van der Waals surface area contributed by atoms with Crippen LogP contribution in [-0.4, -0.2) is 33.9 Å². The molecule has 7 heteroatoms. The van der Waals surface area contributed by atoms with Crippen LogP contribution in [0.4, 0.5) is 0 Å². The molecule has 0 bridgehead atoms. The first kappa shape index (κ1) is 12.7. The van der Waals surface area contributed by atoms with Gasteiger partial charge in [-0.1, -0.05) is 0 Å². The number of hydrogen-bond donors (Lipinski definition) is 2. The van der Waals surface area contributed by atoms with E-state index in [2.05, 4.69) is 33.0 Å². The molecule has 84 valence electrons. The minimum Gasteiger partial charge on any atom is -0.481 e. The van der Waals surface area contributed by atoms with Gasteiger partial charge >= 0.3 is 5.97 Å². The van der Waals surface area contributed by atoms with Gasteiger partial charge in [0.2, 0.25) is 0 Å². The van der Waals surface area contributed by atoms with E-state index in [4.69, 9.17) is 5.11 Å². The second kappa shape index (κ2) is 4.67. The first-order valence-corrected chi connectivity index (χ1v) is 5.34. The predicted molar refractivity (Wildman–Crippen MR) is 65.3 cm³/mol. The average molecular weight is 344 g/mol. The van der Waals surface area contributed by atoms with Crippen molar-refractivity contribution in [3.8, 4) is 0 Å². The Morgan fingerprint density at radius 2 is 2.40 bits per heavy atom. The van der Waals surface area contributed by atoms with Crippen LogP contribution in [0.5, 0.6) is 0 Å². The highest BCUT2D eigenvalue weighted by Gasteiger charge is 2.41. The Hall–Kier alpha value is -0.340. The lowest BCUT2D eigenvalue weighted by molar-refractivity contribution is -0.140. The van der Waals surface area contributed by atoms with Gasteiger partial charge in [-0.15, -0.1) is 12.4 Å². The fourth-order valence-corrected chi connectivity index (χ4v) is 2.02. The van der Waals surface area contributed by atoms with E-state index in [1.807, 2.05) is 12.3 Å². The van der Waals surface area contributed by atoms with Crippen LogP contribution in [0.3, 0.4) is 0 Å². The lowest BCUT2D eigenvalue weighted by Crippen LogP contribution is -2.61.